The van der Waals surface area contributed by atoms with Crippen LogP contribution >= 0.6 is 15.9 Å². The average molecular weight is 358 g/mol. The molecular weight excluding hydrogens is 334 g/mol. The summed E-state index contributed by atoms with van der Waals surface area (Å²) in [5, 5.41) is 7.71. The average Bonchev–Trinajstić information content (AvgIpc) is 3.04. The van der Waals surface area contributed by atoms with Gasteiger partial charge >= 0.3 is 5.97 Å². The van der Waals surface area contributed by atoms with Crippen molar-refractivity contribution < 1.29 is 9.53 Å². The van der Waals surface area contributed by atoms with Crippen molar-refractivity contribution in [2.45, 2.75) is 51.6 Å². The van der Waals surface area contributed by atoms with E-state index in [9.17, 15) is 4.79 Å². The van der Waals surface area contributed by atoms with Gasteiger partial charge in [-0.15, -0.1) is 0 Å². The number of hydrogen-bond acceptors (Lipinski definition) is 4. The fourth-order valence-corrected chi connectivity index (χ4v) is 3.69. The van der Waals surface area contributed by atoms with Crippen LogP contribution in [0.1, 0.15) is 39.5 Å². The molecule has 0 amide bonds. The molecule has 6 heteroatoms. The number of carbonyl (C=O) groups is 1. The van der Waals surface area contributed by atoms with E-state index in [0.29, 0.717) is 12.5 Å². The van der Waals surface area contributed by atoms with E-state index in [4.69, 9.17) is 4.74 Å². The number of rotatable bonds is 7. The molecule has 1 heterocycles. The van der Waals surface area contributed by atoms with Crippen LogP contribution in [0.15, 0.2) is 16.9 Å². The van der Waals surface area contributed by atoms with E-state index in [1.165, 1.54) is 0 Å². The molecule has 0 radical (unpaired) electrons. The molecule has 118 valence electrons. The molecule has 1 N–H and O–H groups in total. The van der Waals surface area contributed by atoms with Crippen LogP contribution < -0.4 is 5.32 Å². The summed E-state index contributed by atoms with van der Waals surface area (Å²) in [5.74, 6) is 0.218. The van der Waals surface area contributed by atoms with Crippen LogP contribution in [0.4, 0.5) is 0 Å². The number of nitrogens with one attached hydrogen (secondary N) is 1. The standard InChI is InChI=1S/C15H24BrN3O2/c1-3-17-15(14(20)21-4-2)8-5-6-12(15)7-9-19-11-13(16)10-18-19/h10-12,17H,3-9H2,1-2H3. The van der Waals surface area contributed by atoms with E-state index in [2.05, 4.69) is 26.3 Å². The highest BCUT2D eigenvalue weighted by atomic mass is 79.9. The third-order valence-corrected chi connectivity index (χ3v) is 4.67. The first kappa shape index (κ1) is 16.5. The van der Waals surface area contributed by atoms with Crippen molar-refractivity contribution in [2.24, 2.45) is 5.92 Å². The summed E-state index contributed by atoms with van der Waals surface area (Å²) in [4.78, 5) is 12.5. The Balaban J connectivity index is 2.06. The van der Waals surface area contributed by atoms with E-state index < -0.39 is 5.54 Å². The Morgan fingerprint density at radius 3 is 3.05 bits per heavy atom. The van der Waals surface area contributed by atoms with Gasteiger partial charge in [0, 0.05) is 12.7 Å². The minimum Gasteiger partial charge on any atom is -0.465 e. The molecule has 2 unspecified atom stereocenters. The fourth-order valence-electron chi connectivity index (χ4n) is 3.37. The Hall–Kier alpha value is -0.880. The highest BCUT2D eigenvalue weighted by Gasteiger charge is 2.49. The Morgan fingerprint density at radius 1 is 1.62 bits per heavy atom. The van der Waals surface area contributed by atoms with Gasteiger partial charge in [-0.3, -0.25) is 9.48 Å². The molecule has 21 heavy (non-hydrogen) atoms. The lowest BCUT2D eigenvalue weighted by Gasteiger charge is -2.34. The van der Waals surface area contributed by atoms with Gasteiger partial charge in [-0.25, -0.2) is 0 Å². The predicted octanol–water partition coefficient (Wildman–Crippen LogP) is 2.75. The molecule has 1 aliphatic carbocycles. The van der Waals surface area contributed by atoms with Gasteiger partial charge in [-0.05, 0) is 54.6 Å². The molecule has 1 saturated carbocycles. The third-order valence-electron chi connectivity index (χ3n) is 4.26. The molecule has 0 aromatic carbocycles. The number of nitrogens with zero attached hydrogens (tertiary/aromatic N) is 2. The number of aromatic nitrogens is 2. The zero-order valence-electron chi connectivity index (χ0n) is 12.8. The first-order valence-electron chi connectivity index (χ1n) is 7.72. The lowest BCUT2D eigenvalue weighted by Crippen LogP contribution is -2.55. The van der Waals surface area contributed by atoms with Crippen molar-refractivity contribution in [3.63, 3.8) is 0 Å². The SMILES string of the molecule is CCNC1(C(=O)OCC)CCCC1CCn1cc(Br)cn1. The summed E-state index contributed by atoms with van der Waals surface area (Å²) in [6, 6.07) is 0. The molecule has 0 saturated heterocycles. The van der Waals surface area contributed by atoms with Crippen molar-refractivity contribution in [1.29, 1.82) is 0 Å². The number of carbonyl (C=O) groups excluding carboxylic acids is 1. The second kappa shape index (κ2) is 7.40. The molecular formula is C15H24BrN3O2. The van der Waals surface area contributed by atoms with Gasteiger partial charge in [0.05, 0.1) is 17.3 Å². The van der Waals surface area contributed by atoms with Crippen LogP contribution in [-0.2, 0) is 16.1 Å². The Bertz CT molecular complexity index is 477. The Morgan fingerprint density at radius 2 is 2.43 bits per heavy atom. The molecule has 2 rings (SSSR count). The van der Waals surface area contributed by atoms with Crippen LogP contribution in [0.3, 0.4) is 0 Å². The zero-order chi connectivity index (χ0) is 15.3. The minimum atomic E-state index is -0.505. The molecule has 1 aromatic heterocycles. The maximum Gasteiger partial charge on any atom is 0.326 e. The van der Waals surface area contributed by atoms with Crippen LogP contribution in [-0.4, -0.2) is 34.4 Å². The lowest BCUT2D eigenvalue weighted by molar-refractivity contribution is -0.153. The molecule has 1 aromatic rings. The second-order valence-electron chi connectivity index (χ2n) is 5.52. The Kier molecular flexibility index (Phi) is 5.81. The van der Waals surface area contributed by atoms with Crippen molar-refractivity contribution >= 4 is 21.9 Å². The topological polar surface area (TPSA) is 56.1 Å². The van der Waals surface area contributed by atoms with E-state index in [0.717, 1.165) is 43.2 Å². The quantitative estimate of drug-likeness (QED) is 0.762. The molecule has 0 aliphatic heterocycles. The van der Waals surface area contributed by atoms with Crippen molar-refractivity contribution in [3.8, 4) is 0 Å². The van der Waals surface area contributed by atoms with Gasteiger partial charge in [0.2, 0.25) is 0 Å². The highest BCUT2D eigenvalue weighted by molar-refractivity contribution is 9.10. The number of likely N-dealkylation sites (N-methyl/N-ethyl adjacent to an activating group) is 1. The summed E-state index contributed by atoms with van der Waals surface area (Å²) in [5.41, 5.74) is -0.505. The largest absolute Gasteiger partial charge is 0.465 e. The lowest BCUT2D eigenvalue weighted by atomic mass is 9.84. The summed E-state index contributed by atoms with van der Waals surface area (Å²) in [6.07, 6.45) is 7.69. The van der Waals surface area contributed by atoms with Gasteiger partial charge in [0.15, 0.2) is 0 Å². The first-order chi connectivity index (χ1) is 10.1. The van der Waals surface area contributed by atoms with Crippen LogP contribution in [0, 0.1) is 5.92 Å². The van der Waals surface area contributed by atoms with Crippen molar-refractivity contribution in [3.05, 3.63) is 16.9 Å². The molecule has 2 atom stereocenters. The number of hydrogen-bond donors (Lipinski definition) is 1. The summed E-state index contributed by atoms with van der Waals surface area (Å²) < 4.78 is 8.24. The summed E-state index contributed by atoms with van der Waals surface area (Å²) >= 11 is 3.41. The van der Waals surface area contributed by atoms with E-state index in [1.54, 1.807) is 6.20 Å². The van der Waals surface area contributed by atoms with Crippen LogP contribution in [0.25, 0.3) is 0 Å². The highest BCUT2D eigenvalue weighted by Crippen LogP contribution is 2.39. The molecule has 0 spiro atoms. The molecule has 0 bridgehead atoms. The van der Waals surface area contributed by atoms with Crippen molar-refractivity contribution in [2.75, 3.05) is 13.2 Å². The Labute approximate surface area is 134 Å². The van der Waals surface area contributed by atoms with Gasteiger partial charge < -0.3 is 10.1 Å². The fraction of sp³-hybridized carbons (Fsp3) is 0.733. The second-order valence-corrected chi connectivity index (χ2v) is 6.44. The molecule has 1 fully saturated rings. The van der Waals surface area contributed by atoms with Gasteiger partial charge in [-0.1, -0.05) is 13.3 Å². The number of esters is 1. The first-order valence-corrected chi connectivity index (χ1v) is 8.52. The summed E-state index contributed by atoms with van der Waals surface area (Å²) in [6.45, 7) is 5.94. The molecule has 1 aliphatic rings. The number of ether oxygens (including phenoxy) is 1. The smallest absolute Gasteiger partial charge is 0.326 e. The van der Waals surface area contributed by atoms with E-state index >= 15 is 0 Å². The normalized spacial score (nSPS) is 25.2. The molecule has 5 nitrogen and oxygen atoms in total. The zero-order valence-corrected chi connectivity index (χ0v) is 14.4. The van der Waals surface area contributed by atoms with Crippen LogP contribution in [0.5, 0.6) is 0 Å². The minimum absolute atomic E-state index is 0.0870. The van der Waals surface area contributed by atoms with Gasteiger partial charge in [-0.2, -0.15) is 5.10 Å². The van der Waals surface area contributed by atoms with Gasteiger partial charge in [0.25, 0.3) is 0 Å². The van der Waals surface area contributed by atoms with Gasteiger partial charge in [0.1, 0.15) is 5.54 Å². The maximum absolute atomic E-state index is 12.5. The monoisotopic (exact) mass is 357 g/mol. The number of halogens is 1. The van der Waals surface area contributed by atoms with E-state index in [1.807, 2.05) is 24.7 Å². The third kappa shape index (κ3) is 3.66. The maximum atomic E-state index is 12.5. The summed E-state index contributed by atoms with van der Waals surface area (Å²) in [7, 11) is 0. The van der Waals surface area contributed by atoms with Crippen molar-refractivity contribution in [1.82, 2.24) is 15.1 Å². The predicted molar refractivity (Wildman–Crippen MR) is 84.9 cm³/mol. The van der Waals surface area contributed by atoms with E-state index in [-0.39, 0.29) is 5.97 Å². The number of aryl methyl sites for hydroxylation is 1. The van der Waals surface area contributed by atoms with Crippen LogP contribution in [0.2, 0.25) is 0 Å².